The van der Waals surface area contributed by atoms with Crippen molar-refractivity contribution in [2.75, 3.05) is 13.7 Å². The first-order valence-electron chi connectivity index (χ1n) is 9.39. The molecular weight excluding hydrogens is 436 g/mol. The summed E-state index contributed by atoms with van der Waals surface area (Å²) in [5, 5.41) is 2.12. The van der Waals surface area contributed by atoms with Crippen LogP contribution in [0.15, 0.2) is 84.0 Å². The van der Waals surface area contributed by atoms with Crippen LogP contribution in [0.25, 0.3) is 6.08 Å². The predicted molar refractivity (Wildman–Crippen MR) is 121 cm³/mol. The summed E-state index contributed by atoms with van der Waals surface area (Å²) in [5.41, 5.74) is 1.30. The molecule has 0 aliphatic rings. The van der Waals surface area contributed by atoms with Crippen LogP contribution in [0, 0.1) is 0 Å². The zero-order valence-electron chi connectivity index (χ0n) is 16.7. The van der Waals surface area contributed by atoms with Crippen molar-refractivity contribution < 1.29 is 17.9 Å². The van der Waals surface area contributed by atoms with Crippen LogP contribution >= 0.6 is 11.6 Å². The molecule has 1 aromatic heterocycles. The van der Waals surface area contributed by atoms with Crippen molar-refractivity contribution in [3.63, 3.8) is 0 Å². The molecule has 0 saturated carbocycles. The fraction of sp³-hybridized carbons (Fsp3) is 0.130. The third kappa shape index (κ3) is 5.93. The zero-order valence-corrected chi connectivity index (χ0v) is 18.3. The number of benzene rings is 2. The van der Waals surface area contributed by atoms with E-state index in [1.807, 2.05) is 12.1 Å². The molecule has 3 rings (SSSR count). The molecular formula is C23H21ClN2O4S. The Morgan fingerprint density at radius 2 is 1.84 bits per heavy atom. The topological polar surface area (TPSA) is 85.4 Å². The van der Waals surface area contributed by atoms with E-state index in [2.05, 4.69) is 10.3 Å². The molecule has 1 unspecified atom stereocenters. The Bertz CT molecular complexity index is 1150. The molecule has 160 valence electrons. The van der Waals surface area contributed by atoms with Gasteiger partial charge < -0.3 is 10.1 Å². The first kappa shape index (κ1) is 22.5. The third-order valence-corrected chi connectivity index (χ3v) is 6.95. The number of carbonyl (C=O) groups excluding carboxylic acids is 1. The summed E-state index contributed by atoms with van der Waals surface area (Å²) in [7, 11) is -2.21. The maximum atomic E-state index is 13.2. The van der Waals surface area contributed by atoms with Gasteiger partial charge in [0.05, 0.1) is 12.0 Å². The van der Waals surface area contributed by atoms with Crippen molar-refractivity contribution in [2.24, 2.45) is 0 Å². The Morgan fingerprint density at radius 3 is 2.45 bits per heavy atom. The van der Waals surface area contributed by atoms with Crippen LogP contribution in [-0.4, -0.2) is 33.0 Å². The van der Waals surface area contributed by atoms with E-state index < -0.39 is 21.0 Å². The molecule has 8 heteroatoms. The van der Waals surface area contributed by atoms with E-state index in [1.165, 1.54) is 36.5 Å². The van der Waals surface area contributed by atoms with Gasteiger partial charge in [0, 0.05) is 30.0 Å². The highest BCUT2D eigenvalue weighted by Gasteiger charge is 2.29. The van der Waals surface area contributed by atoms with Gasteiger partial charge in [-0.25, -0.2) is 8.42 Å². The minimum absolute atomic E-state index is 0.109. The summed E-state index contributed by atoms with van der Waals surface area (Å²) in [6.07, 6.45) is 6.04. The van der Waals surface area contributed by atoms with Gasteiger partial charge in [-0.2, -0.15) is 0 Å². The van der Waals surface area contributed by atoms with Crippen LogP contribution in [0.1, 0.15) is 16.4 Å². The maximum absolute atomic E-state index is 13.2. The van der Waals surface area contributed by atoms with Crippen LogP contribution in [0.4, 0.5) is 0 Å². The Labute approximate surface area is 186 Å². The number of rotatable bonds is 8. The van der Waals surface area contributed by atoms with Crippen molar-refractivity contribution in [1.82, 2.24) is 10.3 Å². The monoisotopic (exact) mass is 456 g/mol. The summed E-state index contributed by atoms with van der Waals surface area (Å²) in [6, 6.07) is 16.5. The average Bonchev–Trinajstić information content (AvgIpc) is 2.79. The first-order valence-corrected chi connectivity index (χ1v) is 11.3. The molecule has 1 atom stereocenters. The molecule has 0 spiro atoms. The maximum Gasteiger partial charge on any atom is 0.244 e. The van der Waals surface area contributed by atoms with E-state index in [-0.39, 0.29) is 11.4 Å². The highest BCUT2D eigenvalue weighted by atomic mass is 35.5. The van der Waals surface area contributed by atoms with Gasteiger partial charge in [-0.15, -0.1) is 0 Å². The van der Waals surface area contributed by atoms with Crippen molar-refractivity contribution >= 4 is 33.4 Å². The summed E-state index contributed by atoms with van der Waals surface area (Å²) in [4.78, 5) is 16.5. The standard InChI is InChI=1S/C23H21ClN2O4S/c1-30-20-9-4-17(5-10-20)6-13-23(27)26-16-22(18-3-2-14-25-15-18)31(28,29)21-11-7-19(24)8-12-21/h2-15,22H,16H2,1H3,(H,26,27)/b13-6+. The van der Waals surface area contributed by atoms with Gasteiger partial charge in [0.1, 0.15) is 11.0 Å². The lowest BCUT2D eigenvalue weighted by Gasteiger charge is -2.18. The van der Waals surface area contributed by atoms with Crippen molar-refractivity contribution in [3.05, 3.63) is 95.3 Å². The molecule has 2 aromatic carbocycles. The van der Waals surface area contributed by atoms with Gasteiger partial charge in [0.25, 0.3) is 0 Å². The predicted octanol–water partition coefficient (Wildman–Crippen LogP) is 4.09. The lowest BCUT2D eigenvalue weighted by atomic mass is 10.2. The zero-order chi connectivity index (χ0) is 22.3. The minimum atomic E-state index is -3.79. The molecule has 1 amide bonds. The molecule has 1 heterocycles. The lowest BCUT2D eigenvalue weighted by Crippen LogP contribution is -2.31. The number of amides is 1. The number of carbonyl (C=O) groups is 1. The SMILES string of the molecule is COc1ccc(/C=C/C(=O)NCC(c2cccnc2)S(=O)(=O)c2ccc(Cl)cc2)cc1. The van der Waals surface area contributed by atoms with Crippen LogP contribution in [0.2, 0.25) is 5.02 Å². The summed E-state index contributed by atoms with van der Waals surface area (Å²) in [5.74, 6) is 0.310. The Hall–Kier alpha value is -3.16. The van der Waals surface area contributed by atoms with Crippen molar-refractivity contribution in [1.29, 1.82) is 0 Å². The molecule has 0 aliphatic carbocycles. The number of hydrogen-bond donors (Lipinski definition) is 1. The van der Waals surface area contributed by atoms with E-state index >= 15 is 0 Å². The van der Waals surface area contributed by atoms with Gasteiger partial charge >= 0.3 is 0 Å². The molecule has 0 fully saturated rings. The number of sulfone groups is 1. The number of halogens is 1. The molecule has 31 heavy (non-hydrogen) atoms. The Kier molecular flexibility index (Phi) is 7.44. The van der Waals surface area contributed by atoms with Gasteiger partial charge in [0.2, 0.25) is 5.91 Å². The Balaban J connectivity index is 1.77. The third-order valence-electron chi connectivity index (χ3n) is 4.58. The molecule has 0 saturated heterocycles. The van der Waals surface area contributed by atoms with E-state index in [0.29, 0.717) is 16.3 Å². The number of aromatic nitrogens is 1. The highest BCUT2D eigenvalue weighted by Crippen LogP contribution is 2.29. The summed E-state index contributed by atoms with van der Waals surface area (Å²) in [6.45, 7) is -0.109. The highest BCUT2D eigenvalue weighted by molar-refractivity contribution is 7.91. The number of ether oxygens (including phenoxy) is 1. The second-order valence-corrected chi connectivity index (χ2v) is 9.19. The van der Waals surface area contributed by atoms with Crippen LogP contribution in [0.5, 0.6) is 5.75 Å². The molecule has 0 radical (unpaired) electrons. The first-order chi connectivity index (χ1) is 14.9. The molecule has 6 nitrogen and oxygen atoms in total. The fourth-order valence-corrected chi connectivity index (χ4v) is 4.67. The quantitative estimate of drug-likeness (QED) is 0.516. The molecule has 1 N–H and O–H groups in total. The summed E-state index contributed by atoms with van der Waals surface area (Å²) < 4.78 is 31.6. The fourth-order valence-electron chi connectivity index (χ4n) is 2.90. The number of hydrogen-bond acceptors (Lipinski definition) is 5. The minimum Gasteiger partial charge on any atom is -0.497 e. The van der Waals surface area contributed by atoms with E-state index in [4.69, 9.17) is 16.3 Å². The second-order valence-electron chi connectivity index (χ2n) is 6.63. The number of methoxy groups -OCH3 is 1. The van der Waals surface area contributed by atoms with E-state index in [1.54, 1.807) is 43.6 Å². The van der Waals surface area contributed by atoms with Crippen molar-refractivity contribution in [2.45, 2.75) is 10.1 Å². The van der Waals surface area contributed by atoms with Gasteiger partial charge in [-0.3, -0.25) is 9.78 Å². The largest absolute Gasteiger partial charge is 0.497 e. The number of pyridine rings is 1. The van der Waals surface area contributed by atoms with E-state index in [0.717, 1.165) is 5.56 Å². The molecule has 0 bridgehead atoms. The van der Waals surface area contributed by atoms with Crippen LogP contribution in [0.3, 0.4) is 0 Å². The smallest absolute Gasteiger partial charge is 0.244 e. The van der Waals surface area contributed by atoms with Gasteiger partial charge in [-0.1, -0.05) is 29.8 Å². The van der Waals surface area contributed by atoms with Gasteiger partial charge in [-0.05, 0) is 59.7 Å². The summed E-state index contributed by atoms with van der Waals surface area (Å²) >= 11 is 5.89. The van der Waals surface area contributed by atoms with Crippen molar-refractivity contribution in [3.8, 4) is 5.75 Å². The molecule has 3 aromatic rings. The van der Waals surface area contributed by atoms with Gasteiger partial charge in [0.15, 0.2) is 9.84 Å². The van der Waals surface area contributed by atoms with Crippen LogP contribution < -0.4 is 10.1 Å². The molecule has 0 aliphatic heterocycles. The van der Waals surface area contributed by atoms with E-state index in [9.17, 15) is 13.2 Å². The number of nitrogens with zero attached hydrogens (tertiary/aromatic N) is 1. The average molecular weight is 457 g/mol. The lowest BCUT2D eigenvalue weighted by molar-refractivity contribution is -0.116. The van der Waals surface area contributed by atoms with Crippen LogP contribution in [-0.2, 0) is 14.6 Å². The Morgan fingerprint density at radius 1 is 1.13 bits per heavy atom. The number of nitrogens with one attached hydrogen (secondary N) is 1. The normalized spacial score (nSPS) is 12.5. The second kappa shape index (κ2) is 10.2.